The van der Waals surface area contributed by atoms with Crippen LogP contribution in [-0.2, 0) is 4.79 Å². The molecule has 1 fully saturated rings. The standard InChI is InChI=1S/C10H17ClO/c11-10(12)8-9-6-4-2-1-3-5-7-9/h9H,1-8H2. The lowest BCUT2D eigenvalue weighted by atomic mass is 9.89. The molecule has 0 aromatic carbocycles. The molecule has 1 saturated carbocycles. The van der Waals surface area contributed by atoms with Gasteiger partial charge in [0.15, 0.2) is 0 Å². The summed E-state index contributed by atoms with van der Waals surface area (Å²) in [5, 5.41) is -0.152. The molecule has 0 radical (unpaired) electrons. The van der Waals surface area contributed by atoms with Crippen molar-refractivity contribution in [2.45, 2.75) is 51.4 Å². The van der Waals surface area contributed by atoms with E-state index in [2.05, 4.69) is 0 Å². The number of halogens is 1. The van der Waals surface area contributed by atoms with Crippen LogP contribution in [0.5, 0.6) is 0 Å². The Kier molecular flexibility index (Phi) is 4.67. The minimum atomic E-state index is -0.152. The van der Waals surface area contributed by atoms with Crippen molar-refractivity contribution in [2.75, 3.05) is 0 Å². The number of carbonyl (C=O) groups excluding carboxylic acids is 1. The number of hydrogen-bond acceptors (Lipinski definition) is 1. The molecule has 0 atom stereocenters. The number of hydrogen-bond donors (Lipinski definition) is 0. The molecule has 12 heavy (non-hydrogen) atoms. The summed E-state index contributed by atoms with van der Waals surface area (Å²) in [5.41, 5.74) is 0. The molecule has 1 nitrogen and oxygen atoms in total. The SMILES string of the molecule is O=C(Cl)CC1CCCCCCC1. The van der Waals surface area contributed by atoms with E-state index in [0.717, 1.165) is 0 Å². The van der Waals surface area contributed by atoms with Gasteiger partial charge in [-0.05, 0) is 30.4 Å². The topological polar surface area (TPSA) is 17.1 Å². The van der Waals surface area contributed by atoms with Crippen molar-refractivity contribution in [1.29, 1.82) is 0 Å². The Morgan fingerprint density at radius 1 is 1.08 bits per heavy atom. The van der Waals surface area contributed by atoms with Crippen LogP contribution >= 0.6 is 11.6 Å². The molecule has 0 spiro atoms. The molecule has 0 bridgehead atoms. The summed E-state index contributed by atoms with van der Waals surface area (Å²) in [6.07, 6.45) is 9.64. The molecule has 1 aliphatic carbocycles. The lowest BCUT2D eigenvalue weighted by Crippen LogP contribution is -2.06. The fourth-order valence-corrected chi connectivity index (χ4v) is 2.19. The molecule has 70 valence electrons. The first kappa shape index (κ1) is 10.0. The van der Waals surface area contributed by atoms with E-state index in [9.17, 15) is 4.79 Å². The second-order valence-electron chi connectivity index (χ2n) is 3.77. The minimum absolute atomic E-state index is 0.152. The lowest BCUT2D eigenvalue weighted by molar-refractivity contribution is -0.112. The maximum atomic E-state index is 10.7. The van der Waals surface area contributed by atoms with Crippen molar-refractivity contribution >= 4 is 16.8 Å². The van der Waals surface area contributed by atoms with E-state index in [1.165, 1.54) is 44.9 Å². The first-order valence-corrected chi connectivity index (χ1v) is 5.35. The van der Waals surface area contributed by atoms with E-state index in [1.807, 2.05) is 0 Å². The second kappa shape index (κ2) is 5.58. The normalized spacial score (nSPS) is 21.4. The number of rotatable bonds is 2. The van der Waals surface area contributed by atoms with Crippen LogP contribution in [0, 0.1) is 5.92 Å². The Balaban J connectivity index is 2.24. The highest BCUT2D eigenvalue weighted by atomic mass is 35.5. The van der Waals surface area contributed by atoms with Crippen molar-refractivity contribution in [3.8, 4) is 0 Å². The van der Waals surface area contributed by atoms with Gasteiger partial charge in [-0.2, -0.15) is 0 Å². The fraction of sp³-hybridized carbons (Fsp3) is 0.900. The molecule has 0 heterocycles. The third-order valence-corrected chi connectivity index (χ3v) is 2.83. The van der Waals surface area contributed by atoms with Gasteiger partial charge in [-0.3, -0.25) is 4.79 Å². The Morgan fingerprint density at radius 2 is 1.58 bits per heavy atom. The maximum absolute atomic E-state index is 10.7. The van der Waals surface area contributed by atoms with Crippen LogP contribution in [-0.4, -0.2) is 5.24 Å². The van der Waals surface area contributed by atoms with E-state index in [1.54, 1.807) is 0 Å². The van der Waals surface area contributed by atoms with Gasteiger partial charge in [0.2, 0.25) is 5.24 Å². The van der Waals surface area contributed by atoms with Crippen LogP contribution in [0.1, 0.15) is 51.4 Å². The third-order valence-electron chi connectivity index (χ3n) is 2.67. The van der Waals surface area contributed by atoms with Crippen molar-refractivity contribution in [1.82, 2.24) is 0 Å². The zero-order valence-corrected chi connectivity index (χ0v) is 8.28. The van der Waals surface area contributed by atoms with Crippen LogP contribution in [0.2, 0.25) is 0 Å². The van der Waals surface area contributed by atoms with Crippen molar-refractivity contribution in [2.24, 2.45) is 5.92 Å². The van der Waals surface area contributed by atoms with E-state index in [4.69, 9.17) is 11.6 Å². The molecule has 1 aliphatic rings. The minimum Gasteiger partial charge on any atom is -0.281 e. The van der Waals surface area contributed by atoms with Gasteiger partial charge < -0.3 is 0 Å². The average Bonchev–Trinajstić information content (AvgIpc) is 1.93. The molecule has 0 saturated heterocycles. The van der Waals surface area contributed by atoms with Crippen LogP contribution < -0.4 is 0 Å². The molecule has 0 unspecified atom stereocenters. The monoisotopic (exact) mass is 188 g/mol. The third kappa shape index (κ3) is 4.10. The van der Waals surface area contributed by atoms with Gasteiger partial charge in [-0.15, -0.1) is 0 Å². The predicted octanol–water partition coefficient (Wildman–Crippen LogP) is 3.50. The van der Waals surface area contributed by atoms with Crippen molar-refractivity contribution < 1.29 is 4.79 Å². The predicted molar refractivity (Wildman–Crippen MR) is 51.3 cm³/mol. The zero-order valence-electron chi connectivity index (χ0n) is 7.52. The second-order valence-corrected chi connectivity index (χ2v) is 4.19. The van der Waals surface area contributed by atoms with E-state index >= 15 is 0 Å². The molecule has 0 amide bonds. The van der Waals surface area contributed by atoms with E-state index in [-0.39, 0.29) is 5.24 Å². The number of carbonyl (C=O) groups is 1. The van der Waals surface area contributed by atoms with Crippen LogP contribution in [0.15, 0.2) is 0 Å². The molecule has 0 N–H and O–H groups in total. The van der Waals surface area contributed by atoms with Crippen LogP contribution in [0.4, 0.5) is 0 Å². The molecular formula is C10H17ClO. The smallest absolute Gasteiger partial charge is 0.221 e. The van der Waals surface area contributed by atoms with Crippen LogP contribution in [0.3, 0.4) is 0 Å². The van der Waals surface area contributed by atoms with Gasteiger partial charge in [0.25, 0.3) is 0 Å². The average molecular weight is 189 g/mol. The first-order valence-electron chi connectivity index (χ1n) is 4.97. The Bertz CT molecular complexity index is 137. The van der Waals surface area contributed by atoms with Crippen molar-refractivity contribution in [3.63, 3.8) is 0 Å². The van der Waals surface area contributed by atoms with Gasteiger partial charge in [0.1, 0.15) is 0 Å². The Morgan fingerprint density at radius 3 is 2.08 bits per heavy atom. The molecule has 0 aromatic rings. The van der Waals surface area contributed by atoms with Gasteiger partial charge in [0, 0.05) is 6.42 Å². The van der Waals surface area contributed by atoms with E-state index in [0.29, 0.717) is 12.3 Å². The summed E-state index contributed by atoms with van der Waals surface area (Å²) >= 11 is 5.37. The highest BCUT2D eigenvalue weighted by Gasteiger charge is 2.13. The quantitative estimate of drug-likeness (QED) is 0.607. The van der Waals surface area contributed by atoms with Gasteiger partial charge in [0.05, 0.1) is 0 Å². The van der Waals surface area contributed by atoms with Crippen LogP contribution in [0.25, 0.3) is 0 Å². The molecule has 0 aliphatic heterocycles. The largest absolute Gasteiger partial charge is 0.281 e. The first-order chi connectivity index (χ1) is 5.79. The summed E-state index contributed by atoms with van der Waals surface area (Å²) in [6, 6.07) is 0. The Hall–Kier alpha value is -0.0400. The highest BCUT2D eigenvalue weighted by Crippen LogP contribution is 2.25. The zero-order chi connectivity index (χ0) is 8.81. The fourth-order valence-electron chi connectivity index (χ4n) is 1.97. The summed E-state index contributed by atoms with van der Waals surface area (Å²) in [7, 11) is 0. The lowest BCUT2D eigenvalue weighted by Gasteiger charge is -2.17. The molecular weight excluding hydrogens is 172 g/mol. The maximum Gasteiger partial charge on any atom is 0.221 e. The summed E-state index contributed by atoms with van der Waals surface area (Å²) in [5.74, 6) is 0.579. The summed E-state index contributed by atoms with van der Waals surface area (Å²) in [4.78, 5) is 10.7. The van der Waals surface area contributed by atoms with E-state index < -0.39 is 0 Å². The highest BCUT2D eigenvalue weighted by molar-refractivity contribution is 6.63. The summed E-state index contributed by atoms with van der Waals surface area (Å²) in [6.45, 7) is 0. The van der Waals surface area contributed by atoms with Gasteiger partial charge >= 0.3 is 0 Å². The van der Waals surface area contributed by atoms with Crippen molar-refractivity contribution in [3.05, 3.63) is 0 Å². The molecule has 0 aromatic heterocycles. The Labute approximate surface area is 79.5 Å². The van der Waals surface area contributed by atoms with Gasteiger partial charge in [-0.1, -0.05) is 32.1 Å². The summed E-state index contributed by atoms with van der Waals surface area (Å²) < 4.78 is 0. The van der Waals surface area contributed by atoms with Gasteiger partial charge in [-0.25, -0.2) is 0 Å². The molecule has 1 rings (SSSR count). The molecule has 2 heteroatoms.